The molecule has 0 aromatic heterocycles. The number of carboxylic acid groups (broad SMARTS) is 1. The first-order chi connectivity index (χ1) is 16.0. The maximum Gasteiger partial charge on any atom is 0.411 e. The zero-order chi connectivity index (χ0) is 23.5. The predicted octanol–water partition coefficient (Wildman–Crippen LogP) is 4.77. The highest BCUT2D eigenvalue weighted by Crippen LogP contribution is 2.46. The van der Waals surface area contributed by atoms with Crippen LogP contribution in [0, 0.1) is 0 Å². The number of fused-ring (bicyclic) bond motifs is 3. The minimum absolute atomic E-state index is 0.0164. The number of aromatic carboxylic acids is 1. The van der Waals surface area contributed by atoms with Crippen molar-refractivity contribution in [2.24, 2.45) is 0 Å². The zero-order valence-corrected chi connectivity index (χ0v) is 18.4. The van der Waals surface area contributed by atoms with Crippen molar-refractivity contribution in [1.29, 1.82) is 0 Å². The van der Waals surface area contributed by atoms with Gasteiger partial charge in [0.05, 0.1) is 26.9 Å². The average molecular weight is 449 g/mol. The molecule has 1 amide bonds. The Morgan fingerprint density at radius 3 is 1.97 bits per heavy atom. The SMILES string of the molecule is COc1cc(C(=O)O)c(NC(=O)OCC2c3ccccc3-c3ccccc32)c(OC)c1OC. The van der Waals surface area contributed by atoms with Crippen LogP contribution in [0.4, 0.5) is 10.5 Å². The van der Waals surface area contributed by atoms with Crippen molar-refractivity contribution in [3.8, 4) is 28.4 Å². The van der Waals surface area contributed by atoms with Crippen molar-refractivity contribution in [3.63, 3.8) is 0 Å². The molecule has 8 nitrogen and oxygen atoms in total. The molecular weight excluding hydrogens is 426 g/mol. The van der Waals surface area contributed by atoms with Crippen LogP contribution in [0.15, 0.2) is 54.6 Å². The molecule has 0 radical (unpaired) electrons. The molecule has 4 rings (SSSR count). The fourth-order valence-corrected chi connectivity index (χ4v) is 4.19. The monoisotopic (exact) mass is 449 g/mol. The predicted molar refractivity (Wildman–Crippen MR) is 122 cm³/mol. The normalized spacial score (nSPS) is 11.8. The van der Waals surface area contributed by atoms with E-state index in [-0.39, 0.29) is 41.0 Å². The van der Waals surface area contributed by atoms with Gasteiger partial charge in [0.25, 0.3) is 0 Å². The smallest absolute Gasteiger partial charge is 0.411 e. The van der Waals surface area contributed by atoms with E-state index in [1.165, 1.54) is 27.4 Å². The topological polar surface area (TPSA) is 103 Å². The van der Waals surface area contributed by atoms with Gasteiger partial charge in [-0.3, -0.25) is 5.32 Å². The van der Waals surface area contributed by atoms with E-state index in [9.17, 15) is 14.7 Å². The number of amides is 1. The number of hydrogen-bond donors (Lipinski definition) is 2. The molecule has 33 heavy (non-hydrogen) atoms. The quantitative estimate of drug-likeness (QED) is 0.535. The minimum Gasteiger partial charge on any atom is -0.493 e. The molecule has 0 atom stereocenters. The molecule has 0 fully saturated rings. The van der Waals surface area contributed by atoms with Crippen LogP contribution in [0.2, 0.25) is 0 Å². The number of hydrogen-bond acceptors (Lipinski definition) is 6. The summed E-state index contributed by atoms with van der Waals surface area (Å²) >= 11 is 0. The molecule has 3 aromatic rings. The molecule has 170 valence electrons. The Balaban J connectivity index is 1.60. The third-order valence-corrected chi connectivity index (χ3v) is 5.63. The van der Waals surface area contributed by atoms with Crippen LogP contribution in [-0.2, 0) is 4.74 Å². The van der Waals surface area contributed by atoms with E-state index in [4.69, 9.17) is 18.9 Å². The number of rotatable bonds is 7. The van der Waals surface area contributed by atoms with E-state index in [2.05, 4.69) is 5.32 Å². The van der Waals surface area contributed by atoms with Crippen molar-refractivity contribution < 1.29 is 33.6 Å². The number of nitrogens with one attached hydrogen (secondary N) is 1. The molecule has 8 heteroatoms. The van der Waals surface area contributed by atoms with E-state index in [0.717, 1.165) is 22.3 Å². The summed E-state index contributed by atoms with van der Waals surface area (Å²) in [5.41, 5.74) is 4.05. The number of carbonyl (C=O) groups excluding carboxylic acids is 1. The zero-order valence-electron chi connectivity index (χ0n) is 18.4. The summed E-state index contributed by atoms with van der Waals surface area (Å²) in [7, 11) is 4.10. The van der Waals surface area contributed by atoms with Gasteiger partial charge >= 0.3 is 12.1 Å². The maximum atomic E-state index is 12.7. The first-order valence-corrected chi connectivity index (χ1v) is 10.2. The van der Waals surface area contributed by atoms with Crippen LogP contribution in [0.1, 0.15) is 27.4 Å². The summed E-state index contributed by atoms with van der Waals surface area (Å²) in [6.45, 7) is 0.0812. The van der Waals surface area contributed by atoms with Crippen molar-refractivity contribution in [2.75, 3.05) is 33.3 Å². The average Bonchev–Trinajstić information content (AvgIpc) is 3.15. The Labute approximate surface area is 190 Å². The number of carboxylic acids is 1. The van der Waals surface area contributed by atoms with E-state index in [1.807, 2.05) is 48.5 Å². The summed E-state index contributed by atoms with van der Waals surface area (Å²) in [4.78, 5) is 24.6. The lowest BCUT2D eigenvalue weighted by atomic mass is 9.98. The Hall–Kier alpha value is -4.20. The number of methoxy groups -OCH3 is 3. The highest BCUT2D eigenvalue weighted by atomic mass is 16.6. The largest absolute Gasteiger partial charge is 0.493 e. The molecule has 0 spiro atoms. The van der Waals surface area contributed by atoms with Crippen LogP contribution < -0.4 is 19.5 Å². The third kappa shape index (κ3) is 3.91. The van der Waals surface area contributed by atoms with Gasteiger partial charge in [0.15, 0.2) is 11.5 Å². The molecule has 0 saturated heterocycles. The van der Waals surface area contributed by atoms with Crippen LogP contribution >= 0.6 is 0 Å². The minimum atomic E-state index is -1.27. The number of carbonyl (C=O) groups is 2. The van der Waals surface area contributed by atoms with Gasteiger partial charge in [-0.05, 0) is 22.3 Å². The lowest BCUT2D eigenvalue weighted by Crippen LogP contribution is -2.20. The fourth-order valence-electron chi connectivity index (χ4n) is 4.19. The number of ether oxygens (including phenoxy) is 4. The highest BCUT2D eigenvalue weighted by Gasteiger charge is 2.30. The van der Waals surface area contributed by atoms with Crippen molar-refractivity contribution >= 4 is 17.7 Å². The van der Waals surface area contributed by atoms with Crippen molar-refractivity contribution in [3.05, 3.63) is 71.3 Å². The van der Waals surface area contributed by atoms with E-state index >= 15 is 0 Å². The molecule has 2 N–H and O–H groups in total. The Morgan fingerprint density at radius 2 is 1.45 bits per heavy atom. The highest BCUT2D eigenvalue weighted by molar-refractivity contribution is 6.02. The van der Waals surface area contributed by atoms with Gasteiger partial charge in [-0.2, -0.15) is 0 Å². The standard InChI is InChI=1S/C25H23NO7/c1-30-20-12-18(24(27)28)21(23(32-3)22(20)31-2)26-25(29)33-13-19-16-10-6-4-8-14(16)15-9-5-7-11-17(15)19/h4-12,19H,13H2,1-3H3,(H,26,29)(H,27,28). The molecular formula is C25H23NO7. The number of benzene rings is 3. The van der Waals surface area contributed by atoms with E-state index in [0.29, 0.717) is 0 Å². The summed E-state index contributed by atoms with van der Waals surface area (Å²) < 4.78 is 21.4. The van der Waals surface area contributed by atoms with Crippen LogP contribution in [0.25, 0.3) is 11.1 Å². The molecule has 0 saturated carbocycles. The van der Waals surface area contributed by atoms with Gasteiger partial charge in [-0.15, -0.1) is 0 Å². The molecule has 0 aliphatic heterocycles. The summed E-state index contributed by atoms with van der Waals surface area (Å²) in [6, 6.07) is 17.2. The lowest BCUT2D eigenvalue weighted by Gasteiger charge is -2.19. The second-order valence-corrected chi connectivity index (χ2v) is 7.32. The van der Waals surface area contributed by atoms with Gasteiger partial charge in [0.2, 0.25) is 5.75 Å². The molecule has 0 bridgehead atoms. The van der Waals surface area contributed by atoms with Crippen molar-refractivity contribution in [2.45, 2.75) is 5.92 Å². The van der Waals surface area contributed by atoms with Crippen molar-refractivity contribution in [1.82, 2.24) is 0 Å². The summed E-state index contributed by atoms with van der Waals surface area (Å²) in [6.07, 6.45) is -0.815. The second kappa shape index (κ2) is 9.12. The molecule has 0 heterocycles. The molecule has 0 unspecified atom stereocenters. The molecule has 1 aliphatic carbocycles. The van der Waals surface area contributed by atoms with E-state index in [1.54, 1.807) is 0 Å². The van der Waals surface area contributed by atoms with Crippen LogP contribution in [0.3, 0.4) is 0 Å². The Bertz CT molecular complexity index is 1180. The molecule has 3 aromatic carbocycles. The first kappa shape index (κ1) is 22.0. The van der Waals surface area contributed by atoms with Gasteiger partial charge < -0.3 is 24.1 Å². The third-order valence-electron chi connectivity index (χ3n) is 5.63. The lowest BCUT2D eigenvalue weighted by molar-refractivity contribution is 0.0697. The first-order valence-electron chi connectivity index (χ1n) is 10.2. The van der Waals surface area contributed by atoms with Crippen LogP contribution in [-0.4, -0.2) is 45.1 Å². The van der Waals surface area contributed by atoms with Gasteiger partial charge in [-0.25, -0.2) is 9.59 Å². The Morgan fingerprint density at radius 1 is 0.879 bits per heavy atom. The number of anilines is 1. The fraction of sp³-hybridized carbons (Fsp3) is 0.200. The van der Waals surface area contributed by atoms with Gasteiger partial charge in [0, 0.05) is 12.0 Å². The second-order valence-electron chi connectivity index (χ2n) is 7.32. The van der Waals surface area contributed by atoms with Crippen LogP contribution in [0.5, 0.6) is 17.2 Å². The summed E-state index contributed by atoms with van der Waals surface area (Å²) in [5, 5.41) is 12.2. The summed E-state index contributed by atoms with van der Waals surface area (Å²) in [5.74, 6) is -1.08. The Kier molecular flexibility index (Phi) is 6.08. The van der Waals surface area contributed by atoms with Gasteiger partial charge in [0.1, 0.15) is 12.3 Å². The maximum absolute atomic E-state index is 12.7. The van der Waals surface area contributed by atoms with E-state index < -0.39 is 12.1 Å². The van der Waals surface area contributed by atoms with Gasteiger partial charge in [-0.1, -0.05) is 48.5 Å². The molecule has 1 aliphatic rings.